The lowest BCUT2D eigenvalue weighted by atomic mass is 10.1. The van der Waals surface area contributed by atoms with Gasteiger partial charge < -0.3 is 19.7 Å². The van der Waals surface area contributed by atoms with Crippen LogP contribution < -0.4 is 15.0 Å². The zero-order valence-corrected chi connectivity index (χ0v) is 18.0. The van der Waals surface area contributed by atoms with E-state index in [2.05, 4.69) is 15.2 Å². The fourth-order valence-corrected chi connectivity index (χ4v) is 4.23. The first-order valence-electron chi connectivity index (χ1n) is 10.6. The molecule has 4 heterocycles. The lowest BCUT2D eigenvalue weighted by Crippen LogP contribution is -2.39. The number of ether oxygens (including phenoxy) is 2. The van der Waals surface area contributed by atoms with E-state index in [1.165, 1.54) is 12.1 Å². The molecule has 168 valence electrons. The molecule has 0 spiro atoms. The summed E-state index contributed by atoms with van der Waals surface area (Å²) in [6, 6.07) is 5.30. The van der Waals surface area contributed by atoms with Crippen molar-refractivity contribution in [2.45, 2.75) is 31.4 Å². The topological polar surface area (TPSA) is 72.4 Å². The van der Waals surface area contributed by atoms with Gasteiger partial charge in [0.15, 0.2) is 28.4 Å². The summed E-state index contributed by atoms with van der Waals surface area (Å²) in [4.78, 5) is 15.8. The summed E-state index contributed by atoms with van der Waals surface area (Å²) in [5.74, 6) is 0.136. The maximum atomic E-state index is 13.9. The van der Waals surface area contributed by atoms with Gasteiger partial charge in [0.1, 0.15) is 17.4 Å². The Morgan fingerprint density at radius 3 is 2.72 bits per heavy atom. The van der Waals surface area contributed by atoms with Crippen molar-refractivity contribution in [1.29, 1.82) is 0 Å². The number of aromatic nitrogens is 3. The van der Waals surface area contributed by atoms with E-state index in [9.17, 15) is 8.78 Å². The van der Waals surface area contributed by atoms with Crippen LogP contribution in [0.3, 0.4) is 0 Å². The number of benzene rings is 1. The highest BCUT2D eigenvalue weighted by atomic mass is 35.5. The number of rotatable bonds is 5. The molecule has 2 aliphatic heterocycles. The Balaban J connectivity index is 1.35. The van der Waals surface area contributed by atoms with Gasteiger partial charge in [-0.2, -0.15) is 0 Å². The van der Waals surface area contributed by atoms with E-state index in [0.717, 1.165) is 18.3 Å². The fourth-order valence-electron chi connectivity index (χ4n) is 4.04. The highest BCUT2D eigenvalue weighted by molar-refractivity contribution is 6.33. The van der Waals surface area contributed by atoms with Crippen LogP contribution in [0.5, 0.6) is 5.75 Å². The summed E-state index contributed by atoms with van der Waals surface area (Å²) < 4.78 is 38.4. The van der Waals surface area contributed by atoms with Crippen LogP contribution in [0.2, 0.25) is 5.15 Å². The minimum atomic E-state index is -0.691. The van der Waals surface area contributed by atoms with Crippen molar-refractivity contribution in [2.24, 2.45) is 0 Å². The smallest absolute Gasteiger partial charge is 0.172 e. The quantitative estimate of drug-likeness (QED) is 0.571. The second-order valence-electron chi connectivity index (χ2n) is 7.95. The molecule has 7 nitrogen and oxygen atoms in total. The van der Waals surface area contributed by atoms with E-state index in [-0.39, 0.29) is 17.9 Å². The number of piperidine rings is 1. The van der Waals surface area contributed by atoms with Crippen LogP contribution in [0.1, 0.15) is 19.3 Å². The largest absolute Gasteiger partial charge is 0.487 e. The van der Waals surface area contributed by atoms with Crippen molar-refractivity contribution < 1.29 is 18.3 Å². The van der Waals surface area contributed by atoms with Gasteiger partial charge in [-0.3, -0.25) is 0 Å². The van der Waals surface area contributed by atoms with Gasteiger partial charge in [-0.15, -0.1) is 0 Å². The van der Waals surface area contributed by atoms with Crippen LogP contribution >= 0.6 is 11.6 Å². The van der Waals surface area contributed by atoms with E-state index in [4.69, 9.17) is 31.0 Å². The lowest BCUT2D eigenvalue weighted by Gasteiger charge is -2.34. The van der Waals surface area contributed by atoms with Crippen molar-refractivity contribution in [3.8, 4) is 5.75 Å². The predicted octanol–water partition coefficient (Wildman–Crippen LogP) is 4.21. The minimum Gasteiger partial charge on any atom is -0.487 e. The molecule has 2 saturated heterocycles. The SMILES string of the molecule is Fc1ccc(OC2CCN(c3nc4ccnc(Cl)c4nc3N[C@@H]3CCOC3)CC2)c(F)c1. The molecule has 0 amide bonds. The third kappa shape index (κ3) is 4.40. The van der Waals surface area contributed by atoms with Gasteiger partial charge in [-0.1, -0.05) is 11.6 Å². The molecule has 0 bridgehead atoms. The molecule has 0 aliphatic carbocycles. The third-order valence-corrected chi connectivity index (χ3v) is 6.00. The van der Waals surface area contributed by atoms with Crippen molar-refractivity contribution in [3.63, 3.8) is 0 Å². The Morgan fingerprint density at radius 1 is 1.12 bits per heavy atom. The van der Waals surface area contributed by atoms with Crippen LogP contribution in [-0.4, -0.2) is 53.4 Å². The van der Waals surface area contributed by atoms with Gasteiger partial charge in [-0.05, 0) is 24.6 Å². The number of nitrogens with zero attached hydrogens (tertiary/aromatic N) is 4. The first kappa shape index (κ1) is 21.1. The molecule has 0 radical (unpaired) electrons. The second kappa shape index (κ2) is 8.99. The monoisotopic (exact) mass is 461 g/mol. The third-order valence-electron chi connectivity index (χ3n) is 5.72. The van der Waals surface area contributed by atoms with Crippen molar-refractivity contribution in [2.75, 3.05) is 36.5 Å². The lowest BCUT2D eigenvalue weighted by molar-refractivity contribution is 0.163. The van der Waals surface area contributed by atoms with Crippen LogP contribution in [0.15, 0.2) is 30.5 Å². The summed E-state index contributed by atoms with van der Waals surface area (Å²) in [5.41, 5.74) is 1.21. The standard InChI is InChI=1S/C22H22ClF2N5O2/c23-20-19-17(3-7-26-20)28-22(21(29-19)27-14-6-10-31-12-14)30-8-4-15(5-9-30)32-18-2-1-13(24)11-16(18)25/h1-3,7,11,14-15H,4-6,8-10,12H2,(H,27,29)/t14-/m1/s1. The molecule has 0 unspecified atom stereocenters. The summed E-state index contributed by atoms with van der Waals surface area (Å²) in [6.45, 7) is 2.63. The normalized spacial score (nSPS) is 19.5. The van der Waals surface area contributed by atoms with Crippen LogP contribution in [-0.2, 0) is 4.74 Å². The molecule has 2 aromatic heterocycles. The highest BCUT2D eigenvalue weighted by Crippen LogP contribution is 2.31. The molecule has 2 fully saturated rings. The molecule has 32 heavy (non-hydrogen) atoms. The molecule has 1 N–H and O–H groups in total. The minimum absolute atomic E-state index is 0.0704. The molecule has 1 aromatic carbocycles. The first-order chi connectivity index (χ1) is 15.6. The number of hydrogen-bond donors (Lipinski definition) is 1. The van der Waals surface area contributed by atoms with E-state index in [1.807, 2.05) is 0 Å². The zero-order valence-electron chi connectivity index (χ0n) is 17.2. The Bertz CT molecular complexity index is 1120. The molecule has 3 aromatic rings. The summed E-state index contributed by atoms with van der Waals surface area (Å²) in [5, 5.41) is 3.75. The van der Waals surface area contributed by atoms with Gasteiger partial charge in [0, 0.05) is 44.8 Å². The predicted molar refractivity (Wildman–Crippen MR) is 117 cm³/mol. The Morgan fingerprint density at radius 2 is 1.97 bits per heavy atom. The van der Waals surface area contributed by atoms with Crippen molar-refractivity contribution in [3.05, 3.63) is 47.2 Å². The highest BCUT2D eigenvalue weighted by Gasteiger charge is 2.27. The number of nitrogens with one attached hydrogen (secondary N) is 1. The van der Waals surface area contributed by atoms with Crippen LogP contribution in [0.25, 0.3) is 11.0 Å². The molecule has 10 heteroatoms. The number of pyridine rings is 1. The van der Waals surface area contributed by atoms with Crippen LogP contribution in [0, 0.1) is 11.6 Å². The molecular weight excluding hydrogens is 440 g/mol. The van der Waals surface area contributed by atoms with Crippen molar-refractivity contribution >= 4 is 34.3 Å². The molecule has 2 aliphatic rings. The van der Waals surface area contributed by atoms with Gasteiger partial charge >= 0.3 is 0 Å². The van der Waals surface area contributed by atoms with Gasteiger partial charge in [0.2, 0.25) is 0 Å². The fraction of sp³-hybridized carbons (Fsp3) is 0.409. The summed E-state index contributed by atoms with van der Waals surface area (Å²) in [7, 11) is 0. The first-order valence-corrected chi connectivity index (χ1v) is 11.0. The van der Waals surface area contributed by atoms with E-state index >= 15 is 0 Å². The van der Waals surface area contributed by atoms with Crippen molar-refractivity contribution in [1.82, 2.24) is 15.0 Å². The zero-order chi connectivity index (χ0) is 22.1. The number of halogens is 3. The molecule has 1 atom stereocenters. The average molecular weight is 462 g/mol. The Labute approximate surface area is 188 Å². The Hall–Kier alpha value is -2.78. The summed E-state index contributed by atoms with van der Waals surface area (Å²) >= 11 is 6.25. The molecule has 0 saturated carbocycles. The maximum Gasteiger partial charge on any atom is 0.172 e. The van der Waals surface area contributed by atoms with Gasteiger partial charge in [-0.25, -0.2) is 23.7 Å². The average Bonchev–Trinajstić information content (AvgIpc) is 3.30. The van der Waals surface area contributed by atoms with E-state index in [1.54, 1.807) is 12.3 Å². The number of anilines is 2. The van der Waals surface area contributed by atoms with Gasteiger partial charge in [0.05, 0.1) is 18.2 Å². The Kier molecular flexibility index (Phi) is 5.93. The number of hydrogen-bond acceptors (Lipinski definition) is 7. The van der Waals surface area contributed by atoms with E-state index in [0.29, 0.717) is 61.1 Å². The number of fused-ring (bicyclic) bond motifs is 1. The van der Waals surface area contributed by atoms with E-state index < -0.39 is 11.6 Å². The molecular formula is C22H22ClF2N5O2. The molecule has 5 rings (SSSR count). The maximum absolute atomic E-state index is 13.9. The van der Waals surface area contributed by atoms with Gasteiger partial charge in [0.25, 0.3) is 0 Å². The summed E-state index contributed by atoms with van der Waals surface area (Å²) in [6.07, 6.45) is 3.66. The van der Waals surface area contributed by atoms with Crippen LogP contribution in [0.4, 0.5) is 20.4 Å². The second-order valence-corrected chi connectivity index (χ2v) is 8.31.